The number of carboxylic acids is 1. The van der Waals surface area contributed by atoms with Crippen LogP contribution in [0.4, 0.5) is 0 Å². The lowest BCUT2D eigenvalue weighted by Gasteiger charge is -2.19. The number of aromatic nitrogens is 2. The summed E-state index contributed by atoms with van der Waals surface area (Å²) in [6, 6.07) is 5.92. The molecule has 2 rings (SSSR count). The van der Waals surface area contributed by atoms with Crippen LogP contribution in [0.2, 0.25) is 5.02 Å². The molecule has 0 saturated carbocycles. The molecule has 2 aromatic rings. The van der Waals surface area contributed by atoms with Crippen molar-refractivity contribution in [2.45, 2.75) is 44.3 Å². The van der Waals surface area contributed by atoms with Crippen LogP contribution in [0.5, 0.6) is 0 Å². The summed E-state index contributed by atoms with van der Waals surface area (Å²) in [5.41, 5.74) is 1.84. The van der Waals surface area contributed by atoms with Gasteiger partial charge in [-0.2, -0.15) is 0 Å². The average Bonchev–Trinajstić information content (AvgIpc) is 2.80. The maximum atomic E-state index is 10.8. The van der Waals surface area contributed by atoms with Gasteiger partial charge in [-0.15, -0.1) is 0 Å². The van der Waals surface area contributed by atoms with Crippen molar-refractivity contribution in [1.82, 2.24) is 9.55 Å². The predicted molar refractivity (Wildman–Crippen MR) is 87.3 cm³/mol. The van der Waals surface area contributed by atoms with Gasteiger partial charge in [0, 0.05) is 11.1 Å². The van der Waals surface area contributed by atoms with Gasteiger partial charge >= 0.3 is 5.97 Å². The third-order valence-electron chi connectivity index (χ3n) is 3.40. The fourth-order valence-corrected chi connectivity index (χ4v) is 3.44. The monoisotopic (exact) mass is 326 g/mol. The number of benzene rings is 1. The van der Waals surface area contributed by atoms with E-state index in [2.05, 4.69) is 23.4 Å². The Labute approximate surface area is 133 Å². The van der Waals surface area contributed by atoms with Crippen molar-refractivity contribution in [3.8, 4) is 0 Å². The molecule has 0 fully saturated rings. The van der Waals surface area contributed by atoms with E-state index in [0.29, 0.717) is 11.1 Å². The van der Waals surface area contributed by atoms with Gasteiger partial charge in [0.05, 0.1) is 16.8 Å². The molecule has 21 heavy (non-hydrogen) atoms. The third-order valence-corrected chi connectivity index (χ3v) is 4.57. The topological polar surface area (TPSA) is 55.1 Å². The van der Waals surface area contributed by atoms with Crippen LogP contribution in [0.25, 0.3) is 11.0 Å². The number of hydrogen-bond donors (Lipinski definition) is 1. The summed E-state index contributed by atoms with van der Waals surface area (Å²) in [6.07, 6.45) is 3.09. The summed E-state index contributed by atoms with van der Waals surface area (Å²) in [5, 5.41) is 10.3. The van der Waals surface area contributed by atoms with Gasteiger partial charge in [-0.1, -0.05) is 43.6 Å². The average molecular weight is 327 g/mol. The van der Waals surface area contributed by atoms with Crippen molar-refractivity contribution < 1.29 is 9.90 Å². The van der Waals surface area contributed by atoms with Gasteiger partial charge in [0.1, 0.15) is 0 Å². The van der Waals surface area contributed by atoms with Crippen molar-refractivity contribution in [3.63, 3.8) is 0 Å². The van der Waals surface area contributed by atoms with E-state index in [1.807, 2.05) is 18.2 Å². The quantitative estimate of drug-likeness (QED) is 0.754. The maximum absolute atomic E-state index is 10.8. The molecule has 1 atom stereocenters. The summed E-state index contributed by atoms with van der Waals surface area (Å²) in [4.78, 5) is 15.4. The maximum Gasteiger partial charge on any atom is 0.313 e. The van der Waals surface area contributed by atoms with Crippen LogP contribution in [0.15, 0.2) is 23.4 Å². The second kappa shape index (κ2) is 7.18. The Hall–Kier alpha value is -1.20. The number of halogens is 1. The lowest BCUT2D eigenvalue weighted by atomic mass is 10.1. The van der Waals surface area contributed by atoms with Crippen molar-refractivity contribution in [2.75, 3.05) is 5.75 Å². The number of fused-ring (bicyclic) bond motifs is 1. The normalized spacial score (nSPS) is 12.7. The van der Waals surface area contributed by atoms with E-state index >= 15 is 0 Å². The predicted octanol–water partition coefficient (Wildman–Crippen LogP) is 4.62. The van der Waals surface area contributed by atoms with Gasteiger partial charge in [0.25, 0.3) is 0 Å². The Balaban J connectivity index is 2.51. The highest BCUT2D eigenvalue weighted by Gasteiger charge is 2.18. The summed E-state index contributed by atoms with van der Waals surface area (Å²) >= 11 is 7.38. The molecule has 0 aliphatic carbocycles. The van der Waals surface area contributed by atoms with E-state index in [1.54, 1.807) is 0 Å². The zero-order valence-electron chi connectivity index (χ0n) is 12.2. The molecule has 0 bridgehead atoms. The van der Waals surface area contributed by atoms with Crippen LogP contribution in [0, 0.1) is 0 Å². The smallest absolute Gasteiger partial charge is 0.313 e. The molecule has 6 heteroatoms. The largest absolute Gasteiger partial charge is 0.481 e. The van der Waals surface area contributed by atoms with Gasteiger partial charge in [-0.3, -0.25) is 4.79 Å². The van der Waals surface area contributed by atoms with Crippen molar-refractivity contribution in [2.24, 2.45) is 0 Å². The Morgan fingerprint density at radius 1 is 1.48 bits per heavy atom. The molecule has 0 aliphatic rings. The lowest BCUT2D eigenvalue weighted by Crippen LogP contribution is -2.10. The standard InChI is InChI=1S/C15H19ClN2O2S/c1-3-5-11(4-2)18-13-8-10(16)6-7-12(13)17-15(18)21-9-14(19)20/h6-8,11H,3-5,9H2,1-2H3,(H,19,20). The van der Waals surface area contributed by atoms with Gasteiger partial charge in [0.2, 0.25) is 0 Å². The molecule has 0 saturated heterocycles. The highest BCUT2D eigenvalue weighted by atomic mass is 35.5. The number of imidazole rings is 1. The van der Waals surface area contributed by atoms with E-state index in [0.717, 1.165) is 35.5 Å². The van der Waals surface area contributed by atoms with Crippen molar-refractivity contribution >= 4 is 40.4 Å². The van der Waals surface area contributed by atoms with Crippen molar-refractivity contribution in [3.05, 3.63) is 23.2 Å². The molecule has 1 aromatic carbocycles. The number of nitrogens with zero attached hydrogens (tertiary/aromatic N) is 2. The minimum atomic E-state index is -0.833. The zero-order chi connectivity index (χ0) is 15.4. The molecule has 1 N–H and O–H groups in total. The minimum Gasteiger partial charge on any atom is -0.481 e. The molecule has 0 aliphatic heterocycles. The molecular formula is C15H19ClN2O2S. The number of carboxylic acid groups (broad SMARTS) is 1. The molecule has 1 heterocycles. The zero-order valence-corrected chi connectivity index (χ0v) is 13.7. The highest BCUT2D eigenvalue weighted by molar-refractivity contribution is 7.99. The van der Waals surface area contributed by atoms with Gasteiger partial charge in [-0.25, -0.2) is 4.98 Å². The van der Waals surface area contributed by atoms with Gasteiger partial charge in [0.15, 0.2) is 5.16 Å². The van der Waals surface area contributed by atoms with Crippen LogP contribution in [-0.4, -0.2) is 26.4 Å². The van der Waals surface area contributed by atoms with E-state index in [9.17, 15) is 4.79 Å². The van der Waals surface area contributed by atoms with E-state index in [1.165, 1.54) is 11.8 Å². The van der Waals surface area contributed by atoms with E-state index in [-0.39, 0.29) is 5.75 Å². The fourth-order valence-electron chi connectivity index (χ4n) is 2.47. The third kappa shape index (κ3) is 3.71. The Bertz CT molecular complexity index is 642. The number of aliphatic carboxylic acids is 1. The Morgan fingerprint density at radius 3 is 2.86 bits per heavy atom. The molecule has 1 unspecified atom stereocenters. The van der Waals surface area contributed by atoms with Gasteiger partial charge in [-0.05, 0) is 31.0 Å². The minimum absolute atomic E-state index is 0.0135. The first-order valence-corrected chi connectivity index (χ1v) is 8.45. The fraction of sp³-hybridized carbons (Fsp3) is 0.467. The second-order valence-corrected chi connectivity index (χ2v) is 6.31. The summed E-state index contributed by atoms with van der Waals surface area (Å²) in [7, 11) is 0. The molecule has 0 amide bonds. The van der Waals surface area contributed by atoms with E-state index in [4.69, 9.17) is 16.7 Å². The number of hydrogen-bond acceptors (Lipinski definition) is 3. The van der Waals surface area contributed by atoms with Crippen LogP contribution in [0.1, 0.15) is 39.2 Å². The molecule has 0 spiro atoms. The Morgan fingerprint density at radius 2 is 2.24 bits per heavy atom. The Kier molecular flexibility index (Phi) is 5.53. The van der Waals surface area contributed by atoms with Crippen LogP contribution in [0.3, 0.4) is 0 Å². The summed E-state index contributed by atoms with van der Waals surface area (Å²) < 4.78 is 2.15. The van der Waals surface area contributed by atoms with Crippen LogP contribution in [-0.2, 0) is 4.79 Å². The summed E-state index contributed by atoms with van der Waals surface area (Å²) in [6.45, 7) is 4.29. The number of thioether (sulfide) groups is 1. The SMILES string of the molecule is CCCC(CC)n1c(SCC(=O)O)nc2ccc(Cl)cc21. The van der Waals surface area contributed by atoms with Crippen LogP contribution < -0.4 is 0 Å². The number of carbonyl (C=O) groups is 1. The first-order valence-electron chi connectivity index (χ1n) is 7.08. The van der Waals surface area contributed by atoms with Gasteiger partial charge < -0.3 is 9.67 Å². The lowest BCUT2D eigenvalue weighted by molar-refractivity contribution is -0.133. The molecular weight excluding hydrogens is 308 g/mol. The second-order valence-electron chi connectivity index (χ2n) is 4.93. The summed E-state index contributed by atoms with van der Waals surface area (Å²) in [5.74, 6) is -0.820. The first-order chi connectivity index (χ1) is 10.1. The molecule has 114 valence electrons. The molecule has 0 radical (unpaired) electrons. The van der Waals surface area contributed by atoms with Crippen LogP contribution >= 0.6 is 23.4 Å². The highest BCUT2D eigenvalue weighted by Crippen LogP contribution is 2.32. The molecule has 4 nitrogen and oxygen atoms in total. The number of rotatable bonds is 7. The van der Waals surface area contributed by atoms with Crippen molar-refractivity contribution in [1.29, 1.82) is 0 Å². The van der Waals surface area contributed by atoms with E-state index < -0.39 is 5.97 Å². The first kappa shape index (κ1) is 16.2. The molecule has 1 aromatic heterocycles.